The van der Waals surface area contributed by atoms with Crippen molar-refractivity contribution in [3.05, 3.63) is 58.9 Å². The second-order valence-corrected chi connectivity index (χ2v) is 5.55. The van der Waals surface area contributed by atoms with Gasteiger partial charge in [-0.2, -0.15) is 26.3 Å². The smallest absolute Gasteiger partial charge is 0.252 e. The minimum Gasteiger partial charge on any atom is -0.252 e. The minimum atomic E-state index is -4.59. The van der Waals surface area contributed by atoms with Crippen molar-refractivity contribution in [3.8, 4) is 17.1 Å². The van der Waals surface area contributed by atoms with E-state index >= 15 is 0 Å². The first-order valence-electron chi connectivity index (χ1n) is 6.89. The number of halogens is 7. The molecule has 0 unspecified atom stereocenters. The molecule has 0 amide bonds. The molecule has 0 radical (unpaired) electrons. The van der Waals surface area contributed by atoms with Gasteiger partial charge in [0.1, 0.15) is 11.4 Å². The molecule has 0 aliphatic rings. The van der Waals surface area contributed by atoms with Gasteiger partial charge in [-0.15, -0.1) is 5.10 Å². The fraction of sp³-hybridized carbons (Fsp3) is 0.133. The molecule has 26 heavy (non-hydrogen) atoms. The van der Waals surface area contributed by atoms with Crippen molar-refractivity contribution in [2.75, 3.05) is 0 Å². The van der Waals surface area contributed by atoms with Gasteiger partial charge in [0.15, 0.2) is 0 Å². The Balaban J connectivity index is 1.91. The third kappa shape index (κ3) is 3.64. The van der Waals surface area contributed by atoms with Gasteiger partial charge >= 0.3 is 12.4 Å². The zero-order valence-corrected chi connectivity index (χ0v) is 13.2. The van der Waals surface area contributed by atoms with Gasteiger partial charge in [-0.3, -0.25) is 4.98 Å². The Bertz CT molecular complexity index is 931. The van der Waals surface area contributed by atoms with Crippen LogP contribution in [0.4, 0.5) is 26.3 Å². The Kier molecular flexibility index (Phi) is 4.39. The Hall–Kier alpha value is -2.62. The summed E-state index contributed by atoms with van der Waals surface area (Å²) >= 11 is 5.83. The average molecular weight is 393 g/mol. The van der Waals surface area contributed by atoms with E-state index in [0.29, 0.717) is 12.3 Å². The highest BCUT2D eigenvalue weighted by molar-refractivity contribution is 6.33. The fourth-order valence-electron chi connectivity index (χ4n) is 2.08. The van der Waals surface area contributed by atoms with Crippen molar-refractivity contribution in [1.29, 1.82) is 0 Å². The van der Waals surface area contributed by atoms with E-state index in [4.69, 9.17) is 11.6 Å². The van der Waals surface area contributed by atoms with E-state index in [2.05, 4.69) is 15.3 Å². The number of rotatable bonds is 2. The molecule has 0 fully saturated rings. The lowest BCUT2D eigenvalue weighted by Gasteiger charge is -2.07. The van der Waals surface area contributed by atoms with Crippen molar-refractivity contribution >= 4 is 11.6 Å². The Morgan fingerprint density at radius 2 is 1.50 bits per heavy atom. The van der Waals surface area contributed by atoms with E-state index in [1.165, 1.54) is 18.3 Å². The highest BCUT2D eigenvalue weighted by atomic mass is 35.5. The fourth-order valence-corrected chi connectivity index (χ4v) is 2.35. The zero-order valence-electron chi connectivity index (χ0n) is 12.5. The van der Waals surface area contributed by atoms with E-state index in [0.717, 1.165) is 16.8 Å². The van der Waals surface area contributed by atoms with Crippen LogP contribution in [0.3, 0.4) is 0 Å². The maximum Gasteiger partial charge on any atom is 0.417 e. The van der Waals surface area contributed by atoms with Gasteiger partial charge in [0.25, 0.3) is 0 Å². The topological polar surface area (TPSA) is 43.6 Å². The van der Waals surface area contributed by atoms with Gasteiger partial charge in [0.2, 0.25) is 0 Å². The highest BCUT2D eigenvalue weighted by Crippen LogP contribution is 2.34. The molecule has 0 spiro atoms. The molecule has 4 nitrogen and oxygen atoms in total. The summed E-state index contributed by atoms with van der Waals surface area (Å²) < 4.78 is 76.8. The molecule has 0 saturated heterocycles. The lowest BCUT2D eigenvalue weighted by molar-refractivity contribution is -0.138. The van der Waals surface area contributed by atoms with Crippen LogP contribution in [-0.4, -0.2) is 20.0 Å². The van der Waals surface area contributed by atoms with Crippen molar-refractivity contribution in [2.45, 2.75) is 12.4 Å². The largest absolute Gasteiger partial charge is 0.417 e. The first kappa shape index (κ1) is 18.2. The predicted octanol–water partition coefficient (Wildman–Crippen LogP) is 5.02. The Morgan fingerprint density at radius 3 is 2.04 bits per heavy atom. The lowest BCUT2D eigenvalue weighted by Crippen LogP contribution is -2.05. The third-order valence-corrected chi connectivity index (χ3v) is 3.65. The molecule has 3 rings (SSSR count). The second kappa shape index (κ2) is 6.27. The Morgan fingerprint density at radius 1 is 0.885 bits per heavy atom. The van der Waals surface area contributed by atoms with Crippen molar-refractivity contribution in [3.63, 3.8) is 0 Å². The van der Waals surface area contributed by atoms with Crippen LogP contribution >= 0.6 is 11.6 Å². The van der Waals surface area contributed by atoms with Crippen LogP contribution in [0.25, 0.3) is 17.1 Å². The van der Waals surface area contributed by atoms with Gasteiger partial charge in [-0.1, -0.05) is 16.8 Å². The summed E-state index contributed by atoms with van der Waals surface area (Å²) in [7, 11) is 0. The van der Waals surface area contributed by atoms with Crippen LogP contribution in [0.2, 0.25) is 5.02 Å². The molecule has 136 valence electrons. The molecule has 0 N–H and O–H groups in total. The van der Waals surface area contributed by atoms with Gasteiger partial charge in [-0.25, -0.2) is 4.68 Å². The molecule has 3 aromatic rings. The maximum atomic E-state index is 12.6. The number of aromatic nitrogens is 4. The van der Waals surface area contributed by atoms with E-state index in [9.17, 15) is 26.3 Å². The van der Waals surface area contributed by atoms with Gasteiger partial charge < -0.3 is 0 Å². The molecule has 0 aliphatic heterocycles. The second-order valence-electron chi connectivity index (χ2n) is 5.15. The van der Waals surface area contributed by atoms with Crippen molar-refractivity contribution in [2.24, 2.45) is 0 Å². The van der Waals surface area contributed by atoms with Crippen LogP contribution in [0.15, 0.2) is 42.7 Å². The summed E-state index contributed by atoms with van der Waals surface area (Å²) in [5.41, 5.74) is -1.52. The Labute approximate surface area is 147 Å². The molecule has 2 aromatic heterocycles. The van der Waals surface area contributed by atoms with E-state index < -0.39 is 23.5 Å². The van der Waals surface area contributed by atoms with E-state index in [1.54, 1.807) is 0 Å². The first-order chi connectivity index (χ1) is 12.1. The van der Waals surface area contributed by atoms with Crippen LogP contribution in [0.1, 0.15) is 11.1 Å². The third-order valence-electron chi connectivity index (χ3n) is 3.36. The van der Waals surface area contributed by atoms with Gasteiger partial charge in [0, 0.05) is 6.20 Å². The average Bonchev–Trinajstić information content (AvgIpc) is 3.03. The van der Waals surface area contributed by atoms with Crippen LogP contribution in [-0.2, 0) is 12.4 Å². The standard InChI is InChI=1S/C15H7ClF6N4/c16-11-5-9(15(20,21)22)6-23-13(11)12-7-26(25-24-12)10-3-1-8(2-4-10)14(17,18)19/h1-7H. The predicted molar refractivity (Wildman–Crippen MR) is 79.6 cm³/mol. The number of benzene rings is 1. The zero-order chi connectivity index (χ0) is 19.1. The molecule has 2 heterocycles. The highest BCUT2D eigenvalue weighted by Gasteiger charge is 2.32. The molecule has 11 heteroatoms. The number of pyridine rings is 1. The molecule has 0 bridgehead atoms. The summed E-state index contributed by atoms with van der Waals surface area (Å²) in [5, 5.41) is 7.20. The van der Waals surface area contributed by atoms with Crippen LogP contribution in [0.5, 0.6) is 0 Å². The quantitative estimate of drug-likeness (QED) is 0.575. The normalized spacial score (nSPS) is 12.4. The molecular formula is C15H7ClF6N4. The molecule has 0 aliphatic carbocycles. The summed E-state index contributed by atoms with van der Waals surface area (Å²) in [4.78, 5) is 3.65. The summed E-state index contributed by atoms with van der Waals surface area (Å²) in [6.45, 7) is 0. The van der Waals surface area contributed by atoms with Crippen LogP contribution < -0.4 is 0 Å². The maximum absolute atomic E-state index is 12.6. The van der Waals surface area contributed by atoms with Gasteiger partial charge in [0.05, 0.1) is 28.0 Å². The number of alkyl halides is 6. The minimum absolute atomic E-state index is 0.0298. The van der Waals surface area contributed by atoms with E-state index in [1.807, 2.05) is 0 Å². The SMILES string of the molecule is FC(F)(F)c1ccc(-n2cc(-c3ncc(C(F)(F)F)cc3Cl)nn2)cc1. The number of hydrogen-bond donors (Lipinski definition) is 0. The van der Waals surface area contributed by atoms with Crippen LogP contribution in [0, 0.1) is 0 Å². The number of hydrogen-bond acceptors (Lipinski definition) is 3. The molecule has 0 saturated carbocycles. The molecule has 0 atom stereocenters. The monoisotopic (exact) mass is 392 g/mol. The molecular weight excluding hydrogens is 386 g/mol. The summed E-state index contributed by atoms with van der Waals surface area (Å²) in [6.07, 6.45) is -7.15. The molecule has 1 aromatic carbocycles. The lowest BCUT2D eigenvalue weighted by atomic mass is 10.2. The summed E-state index contributed by atoms with van der Waals surface area (Å²) in [5.74, 6) is 0. The van der Waals surface area contributed by atoms with Crippen molar-refractivity contribution in [1.82, 2.24) is 20.0 Å². The number of nitrogens with zero attached hydrogens (tertiary/aromatic N) is 4. The van der Waals surface area contributed by atoms with Crippen molar-refractivity contribution < 1.29 is 26.3 Å². The first-order valence-corrected chi connectivity index (χ1v) is 7.26. The summed E-state index contributed by atoms with van der Waals surface area (Å²) in [6, 6.07) is 4.83. The van der Waals surface area contributed by atoms with Gasteiger partial charge in [-0.05, 0) is 30.3 Å². The van der Waals surface area contributed by atoms with E-state index in [-0.39, 0.29) is 22.1 Å².